The molecule has 1 fully saturated rings. The Bertz CT molecular complexity index is 519. The van der Waals surface area contributed by atoms with Crippen molar-refractivity contribution in [3.05, 3.63) is 29.3 Å². The summed E-state index contributed by atoms with van der Waals surface area (Å²) in [6.07, 6.45) is 4.90. The highest BCUT2D eigenvalue weighted by Gasteiger charge is 2.32. The summed E-state index contributed by atoms with van der Waals surface area (Å²) in [6.45, 7) is 10.6. The molecule has 25 heavy (non-hydrogen) atoms. The molecule has 0 N–H and O–H groups in total. The Labute approximate surface area is 162 Å². The Hall–Kier alpha value is -1.07. The molecule has 0 aromatic heterocycles. The standard InChI is InChI=1S/C20H32NO3.BrH/c1-4-23-19(22)16-21(12-7-5-6-8-13-21)14-15-24-20-17(2)10-9-11-18(20)3;/h9-11H,4-8,12-16H2,1-3H3;1H/q+1;/p-1. The first kappa shape index (κ1) is 22.0. The molecule has 142 valence electrons. The van der Waals surface area contributed by atoms with Crippen LogP contribution in [-0.4, -0.2) is 49.8 Å². The highest BCUT2D eigenvalue weighted by Crippen LogP contribution is 2.23. The van der Waals surface area contributed by atoms with E-state index >= 15 is 0 Å². The summed E-state index contributed by atoms with van der Waals surface area (Å²) in [4.78, 5) is 12.1. The maximum atomic E-state index is 12.1. The van der Waals surface area contributed by atoms with Gasteiger partial charge in [-0.1, -0.05) is 18.2 Å². The van der Waals surface area contributed by atoms with E-state index in [1.54, 1.807) is 0 Å². The third kappa shape index (κ3) is 6.63. The van der Waals surface area contributed by atoms with E-state index < -0.39 is 0 Å². The summed E-state index contributed by atoms with van der Waals surface area (Å²) in [5, 5.41) is 0. The summed E-state index contributed by atoms with van der Waals surface area (Å²) >= 11 is 0. The van der Waals surface area contributed by atoms with Crippen LogP contribution in [0.2, 0.25) is 0 Å². The van der Waals surface area contributed by atoms with Crippen LogP contribution in [0.15, 0.2) is 18.2 Å². The predicted molar refractivity (Wildman–Crippen MR) is 96.2 cm³/mol. The van der Waals surface area contributed by atoms with Crippen LogP contribution in [-0.2, 0) is 9.53 Å². The number of carbonyl (C=O) groups is 1. The van der Waals surface area contributed by atoms with Gasteiger partial charge in [-0.05, 0) is 57.6 Å². The van der Waals surface area contributed by atoms with Gasteiger partial charge in [-0.25, -0.2) is 4.79 Å². The van der Waals surface area contributed by atoms with Gasteiger partial charge in [0.25, 0.3) is 0 Å². The van der Waals surface area contributed by atoms with Crippen LogP contribution in [0.1, 0.15) is 43.7 Å². The van der Waals surface area contributed by atoms with Crippen molar-refractivity contribution in [3.8, 4) is 5.75 Å². The number of hydrogen-bond acceptors (Lipinski definition) is 3. The quantitative estimate of drug-likeness (QED) is 0.486. The highest BCUT2D eigenvalue weighted by atomic mass is 79.9. The van der Waals surface area contributed by atoms with Gasteiger partial charge in [0.15, 0.2) is 6.54 Å². The molecular weight excluding hydrogens is 382 g/mol. The van der Waals surface area contributed by atoms with Gasteiger partial charge in [-0.3, -0.25) is 0 Å². The van der Waals surface area contributed by atoms with Crippen molar-refractivity contribution in [2.45, 2.75) is 46.5 Å². The number of ether oxygens (including phenoxy) is 2. The SMILES string of the molecule is CCOC(=O)C[N+]1(CCOc2c(C)cccc2C)CCCCCC1.[Br-]. The number of nitrogens with zero attached hydrogens (tertiary/aromatic N) is 1. The Morgan fingerprint density at radius 3 is 2.24 bits per heavy atom. The number of likely N-dealkylation sites (tertiary alicyclic amines) is 1. The summed E-state index contributed by atoms with van der Waals surface area (Å²) in [5.74, 6) is 0.910. The molecule has 0 atom stereocenters. The molecule has 1 aliphatic heterocycles. The predicted octanol–water partition coefficient (Wildman–Crippen LogP) is 0.640. The number of rotatable bonds is 7. The molecule has 1 aromatic carbocycles. The molecule has 0 spiro atoms. The minimum atomic E-state index is -0.0773. The molecule has 4 nitrogen and oxygen atoms in total. The number of benzene rings is 1. The fourth-order valence-electron chi connectivity index (χ4n) is 3.67. The van der Waals surface area contributed by atoms with Crippen LogP contribution in [0.5, 0.6) is 5.75 Å². The molecule has 5 heteroatoms. The number of hydrogen-bond donors (Lipinski definition) is 0. The summed E-state index contributed by atoms with van der Waals surface area (Å²) < 4.78 is 12.1. The summed E-state index contributed by atoms with van der Waals surface area (Å²) in [7, 11) is 0. The fourth-order valence-corrected chi connectivity index (χ4v) is 3.67. The Morgan fingerprint density at radius 1 is 1.08 bits per heavy atom. The molecule has 0 saturated carbocycles. The van der Waals surface area contributed by atoms with Gasteiger partial charge in [0.05, 0.1) is 19.7 Å². The average Bonchev–Trinajstić information content (AvgIpc) is 2.76. The van der Waals surface area contributed by atoms with Crippen molar-refractivity contribution in [2.24, 2.45) is 0 Å². The molecule has 1 saturated heterocycles. The monoisotopic (exact) mass is 413 g/mol. The first-order valence-corrected chi connectivity index (χ1v) is 9.26. The second-order valence-electron chi connectivity index (χ2n) is 6.96. The van der Waals surface area contributed by atoms with E-state index in [-0.39, 0.29) is 23.0 Å². The lowest BCUT2D eigenvalue weighted by Crippen LogP contribution is -3.00. The zero-order chi connectivity index (χ0) is 17.4. The minimum Gasteiger partial charge on any atom is -1.00 e. The smallest absolute Gasteiger partial charge is 0.361 e. The lowest BCUT2D eigenvalue weighted by atomic mass is 10.1. The molecule has 0 bridgehead atoms. The molecule has 1 aliphatic rings. The number of aryl methyl sites for hydroxylation is 2. The van der Waals surface area contributed by atoms with E-state index in [0.717, 1.165) is 29.9 Å². The lowest BCUT2D eigenvalue weighted by molar-refractivity contribution is -0.920. The number of quaternary nitrogens is 1. The van der Waals surface area contributed by atoms with Crippen LogP contribution in [0, 0.1) is 13.8 Å². The van der Waals surface area contributed by atoms with Crippen LogP contribution in [0.25, 0.3) is 0 Å². The van der Waals surface area contributed by atoms with Gasteiger partial charge >= 0.3 is 5.97 Å². The van der Waals surface area contributed by atoms with Crippen LogP contribution in [0.4, 0.5) is 0 Å². The highest BCUT2D eigenvalue weighted by molar-refractivity contribution is 5.70. The van der Waals surface area contributed by atoms with E-state index in [9.17, 15) is 4.79 Å². The second-order valence-corrected chi connectivity index (χ2v) is 6.96. The molecule has 0 unspecified atom stereocenters. The molecule has 1 aromatic rings. The van der Waals surface area contributed by atoms with E-state index in [4.69, 9.17) is 9.47 Å². The van der Waals surface area contributed by atoms with E-state index in [1.165, 1.54) is 36.8 Å². The van der Waals surface area contributed by atoms with Crippen molar-refractivity contribution < 1.29 is 35.7 Å². The van der Waals surface area contributed by atoms with Gasteiger partial charge in [0.2, 0.25) is 0 Å². The summed E-state index contributed by atoms with van der Waals surface area (Å²) in [6, 6.07) is 6.22. The van der Waals surface area contributed by atoms with Gasteiger partial charge in [-0.15, -0.1) is 0 Å². The third-order valence-electron chi connectivity index (χ3n) is 5.01. The van der Waals surface area contributed by atoms with Gasteiger partial charge in [-0.2, -0.15) is 0 Å². The molecule has 0 aliphatic carbocycles. The normalized spacial score (nSPS) is 16.4. The van der Waals surface area contributed by atoms with Crippen molar-refractivity contribution >= 4 is 5.97 Å². The first-order valence-electron chi connectivity index (χ1n) is 9.26. The van der Waals surface area contributed by atoms with Crippen LogP contribution in [0.3, 0.4) is 0 Å². The molecule has 0 amide bonds. The molecule has 2 rings (SSSR count). The number of halogens is 1. The Balaban J connectivity index is 0.00000312. The Kier molecular flexibility index (Phi) is 9.51. The molecule has 0 radical (unpaired) electrons. The van der Waals surface area contributed by atoms with Crippen molar-refractivity contribution in [1.29, 1.82) is 0 Å². The third-order valence-corrected chi connectivity index (χ3v) is 5.01. The van der Waals surface area contributed by atoms with E-state index in [1.807, 2.05) is 6.92 Å². The maximum Gasteiger partial charge on any atom is 0.361 e. The topological polar surface area (TPSA) is 35.5 Å². The maximum absolute atomic E-state index is 12.1. The second kappa shape index (κ2) is 10.8. The van der Waals surface area contributed by atoms with Gasteiger partial charge in [0.1, 0.15) is 18.9 Å². The number of para-hydroxylation sites is 1. The van der Waals surface area contributed by atoms with Gasteiger partial charge < -0.3 is 30.9 Å². The minimum absolute atomic E-state index is 0. The zero-order valence-electron chi connectivity index (χ0n) is 15.9. The lowest BCUT2D eigenvalue weighted by Gasteiger charge is -2.36. The number of esters is 1. The van der Waals surface area contributed by atoms with E-state index in [2.05, 4.69) is 32.0 Å². The Morgan fingerprint density at radius 2 is 1.68 bits per heavy atom. The molecule has 1 heterocycles. The van der Waals surface area contributed by atoms with Gasteiger partial charge in [0, 0.05) is 0 Å². The van der Waals surface area contributed by atoms with Crippen LogP contribution >= 0.6 is 0 Å². The fraction of sp³-hybridized carbons (Fsp3) is 0.650. The van der Waals surface area contributed by atoms with E-state index in [0.29, 0.717) is 19.8 Å². The molecular formula is C20H32BrNO3. The number of carbonyl (C=O) groups excluding carboxylic acids is 1. The van der Waals surface area contributed by atoms with Crippen LogP contribution < -0.4 is 21.7 Å². The average molecular weight is 414 g/mol. The first-order chi connectivity index (χ1) is 11.6. The van der Waals surface area contributed by atoms with Crippen molar-refractivity contribution in [2.75, 3.05) is 39.4 Å². The zero-order valence-corrected chi connectivity index (χ0v) is 17.4. The van der Waals surface area contributed by atoms with Crippen molar-refractivity contribution in [1.82, 2.24) is 0 Å². The largest absolute Gasteiger partial charge is 1.00 e. The summed E-state index contributed by atoms with van der Waals surface area (Å²) in [5.41, 5.74) is 2.34. The van der Waals surface area contributed by atoms with Crippen molar-refractivity contribution in [3.63, 3.8) is 0 Å².